The highest BCUT2D eigenvalue weighted by atomic mass is 32.2. The Morgan fingerprint density at radius 1 is 1.07 bits per heavy atom. The van der Waals surface area contributed by atoms with Crippen molar-refractivity contribution < 1.29 is 17.9 Å². The number of thiophene rings is 1. The van der Waals surface area contributed by atoms with E-state index in [0.29, 0.717) is 23.5 Å². The lowest BCUT2D eigenvalue weighted by atomic mass is 10.2. The van der Waals surface area contributed by atoms with Crippen LogP contribution in [-0.2, 0) is 23.2 Å². The standard InChI is InChI=1S/C19H18N2O4S2/c20-27(23,24)18-8-1-4-14(10-18)12-21-19(22)15-5-2-6-16(11-15)25-13-17-7-3-9-26-17/h1-11H,12-13H2,(H,21,22)(H2,20,23,24). The molecular formula is C19H18N2O4S2. The van der Waals surface area contributed by atoms with E-state index in [-0.39, 0.29) is 17.3 Å². The van der Waals surface area contributed by atoms with E-state index in [1.54, 1.807) is 47.7 Å². The molecule has 140 valence electrons. The number of hydrogen-bond acceptors (Lipinski definition) is 5. The van der Waals surface area contributed by atoms with Crippen LogP contribution < -0.4 is 15.2 Å². The summed E-state index contributed by atoms with van der Waals surface area (Å²) < 4.78 is 28.5. The van der Waals surface area contributed by atoms with E-state index >= 15 is 0 Å². The molecule has 27 heavy (non-hydrogen) atoms. The number of ether oxygens (including phenoxy) is 1. The van der Waals surface area contributed by atoms with Crippen molar-refractivity contribution in [2.24, 2.45) is 5.14 Å². The molecule has 2 aromatic carbocycles. The van der Waals surface area contributed by atoms with Crippen LogP contribution in [0.25, 0.3) is 0 Å². The summed E-state index contributed by atoms with van der Waals surface area (Å²) in [7, 11) is -3.78. The first-order chi connectivity index (χ1) is 12.9. The maximum Gasteiger partial charge on any atom is 0.251 e. The Balaban J connectivity index is 1.62. The van der Waals surface area contributed by atoms with Crippen LogP contribution in [-0.4, -0.2) is 14.3 Å². The third kappa shape index (κ3) is 5.40. The fourth-order valence-corrected chi connectivity index (χ4v) is 3.59. The highest BCUT2D eigenvalue weighted by molar-refractivity contribution is 7.89. The second kappa shape index (κ2) is 8.34. The van der Waals surface area contributed by atoms with Crippen molar-refractivity contribution in [3.05, 3.63) is 82.0 Å². The lowest BCUT2D eigenvalue weighted by Gasteiger charge is -2.09. The minimum Gasteiger partial charge on any atom is -0.488 e. The van der Waals surface area contributed by atoms with E-state index < -0.39 is 10.0 Å². The van der Waals surface area contributed by atoms with Crippen LogP contribution in [0.2, 0.25) is 0 Å². The molecule has 0 aliphatic rings. The number of hydrogen-bond donors (Lipinski definition) is 2. The van der Waals surface area contributed by atoms with Gasteiger partial charge in [0.2, 0.25) is 10.0 Å². The van der Waals surface area contributed by atoms with E-state index in [1.807, 2.05) is 17.5 Å². The zero-order valence-electron chi connectivity index (χ0n) is 14.3. The number of nitrogens with two attached hydrogens (primary N) is 1. The van der Waals surface area contributed by atoms with Gasteiger partial charge in [-0.15, -0.1) is 11.3 Å². The van der Waals surface area contributed by atoms with Gasteiger partial charge in [0.05, 0.1) is 4.90 Å². The van der Waals surface area contributed by atoms with Crippen LogP contribution in [0.3, 0.4) is 0 Å². The van der Waals surface area contributed by atoms with Crippen molar-refractivity contribution in [2.45, 2.75) is 18.0 Å². The van der Waals surface area contributed by atoms with Crippen LogP contribution in [0.4, 0.5) is 0 Å². The molecule has 0 bridgehead atoms. The summed E-state index contributed by atoms with van der Waals surface area (Å²) in [6.45, 7) is 0.631. The SMILES string of the molecule is NS(=O)(=O)c1cccc(CNC(=O)c2cccc(OCc3cccs3)c2)c1. The maximum atomic E-state index is 12.4. The molecular weight excluding hydrogens is 384 g/mol. The third-order valence-corrected chi connectivity index (χ3v) is 5.50. The second-order valence-electron chi connectivity index (χ2n) is 5.77. The minimum absolute atomic E-state index is 0.0122. The average Bonchev–Trinajstić information content (AvgIpc) is 3.18. The molecule has 0 saturated carbocycles. The minimum atomic E-state index is -3.78. The van der Waals surface area contributed by atoms with Crippen LogP contribution in [0.5, 0.6) is 5.75 Å². The Bertz CT molecular complexity index is 1030. The Hall–Kier alpha value is -2.68. The molecule has 0 aliphatic heterocycles. The molecule has 3 N–H and O–H groups in total. The molecule has 3 rings (SSSR count). The first-order valence-electron chi connectivity index (χ1n) is 8.07. The first kappa shape index (κ1) is 19.1. The number of rotatable bonds is 7. The normalized spacial score (nSPS) is 11.1. The number of carbonyl (C=O) groups is 1. The topological polar surface area (TPSA) is 98.5 Å². The van der Waals surface area contributed by atoms with Gasteiger partial charge in [0.15, 0.2) is 0 Å². The van der Waals surface area contributed by atoms with Crippen LogP contribution >= 0.6 is 11.3 Å². The predicted molar refractivity (Wildman–Crippen MR) is 104 cm³/mol. The highest BCUT2D eigenvalue weighted by Gasteiger charge is 2.10. The number of amides is 1. The Kier molecular flexibility index (Phi) is 5.90. The fraction of sp³-hybridized carbons (Fsp3) is 0.105. The van der Waals surface area contributed by atoms with Crippen molar-refractivity contribution >= 4 is 27.3 Å². The molecule has 1 aromatic heterocycles. The summed E-state index contributed by atoms with van der Waals surface area (Å²) in [6.07, 6.45) is 0. The molecule has 6 nitrogen and oxygen atoms in total. The number of carbonyl (C=O) groups excluding carboxylic acids is 1. The number of sulfonamides is 1. The van der Waals surface area contributed by atoms with Gasteiger partial charge in [-0.05, 0) is 47.3 Å². The van der Waals surface area contributed by atoms with Gasteiger partial charge in [-0.25, -0.2) is 13.6 Å². The van der Waals surface area contributed by atoms with E-state index in [4.69, 9.17) is 9.88 Å². The van der Waals surface area contributed by atoms with E-state index in [0.717, 1.165) is 4.88 Å². The largest absolute Gasteiger partial charge is 0.488 e. The molecule has 0 radical (unpaired) electrons. The molecule has 0 unspecified atom stereocenters. The molecule has 0 aliphatic carbocycles. The van der Waals surface area contributed by atoms with E-state index in [2.05, 4.69) is 5.32 Å². The monoisotopic (exact) mass is 402 g/mol. The van der Waals surface area contributed by atoms with Gasteiger partial charge in [0, 0.05) is 17.0 Å². The number of nitrogens with one attached hydrogen (secondary N) is 1. The van der Waals surface area contributed by atoms with Gasteiger partial charge in [-0.2, -0.15) is 0 Å². The third-order valence-electron chi connectivity index (χ3n) is 3.74. The number of benzene rings is 2. The molecule has 3 aromatic rings. The maximum absolute atomic E-state index is 12.4. The Morgan fingerprint density at radius 3 is 2.63 bits per heavy atom. The summed E-state index contributed by atoms with van der Waals surface area (Å²) >= 11 is 1.61. The summed E-state index contributed by atoms with van der Waals surface area (Å²) in [5.74, 6) is 0.324. The van der Waals surface area contributed by atoms with Gasteiger partial charge in [0.25, 0.3) is 5.91 Å². The summed E-state index contributed by atoms with van der Waals surface area (Å²) in [6, 6.07) is 17.0. The van der Waals surface area contributed by atoms with Crippen molar-refractivity contribution in [3.63, 3.8) is 0 Å². The van der Waals surface area contributed by atoms with Crippen LogP contribution in [0.1, 0.15) is 20.8 Å². The molecule has 8 heteroatoms. The highest BCUT2D eigenvalue weighted by Crippen LogP contribution is 2.17. The Morgan fingerprint density at radius 2 is 1.89 bits per heavy atom. The molecule has 0 spiro atoms. The first-order valence-corrected chi connectivity index (χ1v) is 10.5. The summed E-state index contributed by atoms with van der Waals surface area (Å²) in [5.41, 5.74) is 1.10. The van der Waals surface area contributed by atoms with Gasteiger partial charge < -0.3 is 10.1 Å². The molecule has 0 atom stereocenters. The molecule has 0 fully saturated rings. The van der Waals surface area contributed by atoms with Gasteiger partial charge in [-0.3, -0.25) is 4.79 Å². The number of primary sulfonamides is 1. The van der Waals surface area contributed by atoms with E-state index in [1.165, 1.54) is 12.1 Å². The van der Waals surface area contributed by atoms with Crippen LogP contribution in [0, 0.1) is 0 Å². The second-order valence-corrected chi connectivity index (χ2v) is 8.36. The zero-order chi connectivity index (χ0) is 19.3. The molecule has 0 saturated heterocycles. The molecule has 1 amide bonds. The average molecular weight is 402 g/mol. The van der Waals surface area contributed by atoms with Gasteiger partial charge in [-0.1, -0.05) is 24.3 Å². The smallest absolute Gasteiger partial charge is 0.251 e. The zero-order valence-corrected chi connectivity index (χ0v) is 15.9. The summed E-state index contributed by atoms with van der Waals surface area (Å²) in [5, 5.41) is 9.87. The summed E-state index contributed by atoms with van der Waals surface area (Å²) in [4.78, 5) is 13.5. The lowest BCUT2D eigenvalue weighted by molar-refractivity contribution is 0.0950. The molecule has 1 heterocycles. The van der Waals surface area contributed by atoms with Crippen LogP contribution in [0.15, 0.2) is 70.9 Å². The predicted octanol–water partition coefficient (Wildman–Crippen LogP) is 2.90. The van der Waals surface area contributed by atoms with Crippen molar-refractivity contribution in [1.29, 1.82) is 0 Å². The van der Waals surface area contributed by atoms with Crippen molar-refractivity contribution in [1.82, 2.24) is 5.32 Å². The van der Waals surface area contributed by atoms with Gasteiger partial charge >= 0.3 is 0 Å². The fourth-order valence-electron chi connectivity index (χ4n) is 2.39. The Labute approximate surface area is 161 Å². The van der Waals surface area contributed by atoms with Gasteiger partial charge in [0.1, 0.15) is 12.4 Å². The lowest BCUT2D eigenvalue weighted by Crippen LogP contribution is -2.23. The quantitative estimate of drug-likeness (QED) is 0.635. The van der Waals surface area contributed by atoms with E-state index in [9.17, 15) is 13.2 Å². The van der Waals surface area contributed by atoms with Crippen molar-refractivity contribution in [2.75, 3.05) is 0 Å². The van der Waals surface area contributed by atoms with Crippen molar-refractivity contribution in [3.8, 4) is 5.75 Å².